The Labute approximate surface area is 181 Å². The van der Waals surface area contributed by atoms with Gasteiger partial charge in [0.2, 0.25) is 5.91 Å². The maximum Gasteiger partial charge on any atom is 0.227 e. The molecule has 0 N–H and O–H groups in total. The number of carbonyl (C=O) groups is 1. The molecule has 4 rings (SSSR count). The quantitative estimate of drug-likeness (QED) is 0.579. The molecule has 0 aliphatic carbocycles. The molecule has 2 aromatic heterocycles. The number of fused-ring (bicyclic) bond motifs is 1. The van der Waals surface area contributed by atoms with Crippen LogP contribution < -0.4 is 4.74 Å². The molecule has 0 radical (unpaired) electrons. The third-order valence-corrected chi connectivity index (χ3v) is 7.81. The fourth-order valence-electron chi connectivity index (χ4n) is 4.20. The number of hydrogen-bond acceptors (Lipinski definition) is 6. The molecule has 3 aromatic rings. The molecular formula is C22H27N3O5S. The average Bonchev–Trinajstić information content (AvgIpc) is 3.38. The first-order valence-electron chi connectivity index (χ1n) is 10.2. The van der Waals surface area contributed by atoms with E-state index in [9.17, 15) is 13.2 Å². The van der Waals surface area contributed by atoms with Gasteiger partial charge in [-0.25, -0.2) is 8.42 Å². The van der Waals surface area contributed by atoms with Gasteiger partial charge < -0.3 is 14.1 Å². The van der Waals surface area contributed by atoms with Crippen LogP contribution in [0, 0.1) is 13.8 Å². The van der Waals surface area contributed by atoms with Gasteiger partial charge in [0.1, 0.15) is 11.3 Å². The number of nitrogens with zero attached hydrogens (tertiary/aromatic N) is 3. The van der Waals surface area contributed by atoms with Gasteiger partial charge >= 0.3 is 0 Å². The minimum Gasteiger partial charge on any atom is -0.497 e. The van der Waals surface area contributed by atoms with Gasteiger partial charge in [0.05, 0.1) is 43.0 Å². The predicted molar refractivity (Wildman–Crippen MR) is 117 cm³/mol. The Morgan fingerprint density at radius 2 is 2.13 bits per heavy atom. The highest BCUT2D eigenvalue weighted by Gasteiger charge is 2.31. The molecule has 8 nitrogen and oxygen atoms in total. The number of amides is 1. The minimum atomic E-state index is -2.99. The number of ether oxygens (including phenoxy) is 1. The van der Waals surface area contributed by atoms with E-state index in [1.165, 1.54) is 0 Å². The number of sulfone groups is 1. The third-order valence-electron chi connectivity index (χ3n) is 6.05. The Bertz CT molecular complexity index is 1240. The topological polar surface area (TPSA) is 94.6 Å². The largest absolute Gasteiger partial charge is 0.497 e. The van der Waals surface area contributed by atoms with Crippen LogP contribution in [0.1, 0.15) is 35.0 Å². The summed E-state index contributed by atoms with van der Waals surface area (Å²) < 4.78 is 36.3. The standard InChI is InChI=1S/C22H27N3O5S/c1-14-20(15(2)25(23-14)17-7-8-31(27,28)13-17)11-24(3)22(26)9-16-12-30-21-10-18(29-4)5-6-19(16)21/h5-6,10,12,17H,7-9,11,13H2,1-4H3/t17-/m1/s1. The predicted octanol–water partition coefficient (Wildman–Crippen LogP) is 2.82. The van der Waals surface area contributed by atoms with Crippen LogP contribution in [0.2, 0.25) is 0 Å². The van der Waals surface area contributed by atoms with E-state index in [0.29, 0.717) is 24.3 Å². The molecule has 0 saturated carbocycles. The van der Waals surface area contributed by atoms with Gasteiger partial charge in [0.25, 0.3) is 0 Å². The fraction of sp³-hybridized carbons (Fsp3) is 0.455. The van der Waals surface area contributed by atoms with Crippen molar-refractivity contribution in [2.45, 2.75) is 39.3 Å². The molecule has 9 heteroatoms. The lowest BCUT2D eigenvalue weighted by molar-refractivity contribution is -0.129. The van der Waals surface area contributed by atoms with E-state index in [0.717, 1.165) is 27.9 Å². The summed E-state index contributed by atoms with van der Waals surface area (Å²) in [5, 5.41) is 5.48. The maximum absolute atomic E-state index is 12.9. The van der Waals surface area contributed by atoms with Gasteiger partial charge in [0, 0.05) is 41.9 Å². The monoisotopic (exact) mass is 445 g/mol. The van der Waals surface area contributed by atoms with E-state index in [2.05, 4.69) is 5.10 Å². The second kappa shape index (κ2) is 8.03. The first kappa shape index (κ1) is 21.4. The summed E-state index contributed by atoms with van der Waals surface area (Å²) in [7, 11) is 0.372. The van der Waals surface area contributed by atoms with Crippen LogP contribution in [0.4, 0.5) is 0 Å². The lowest BCUT2D eigenvalue weighted by Crippen LogP contribution is -2.28. The summed E-state index contributed by atoms with van der Waals surface area (Å²) in [6.07, 6.45) is 2.42. The van der Waals surface area contributed by atoms with Crippen LogP contribution in [-0.2, 0) is 27.6 Å². The van der Waals surface area contributed by atoms with Crippen molar-refractivity contribution in [1.29, 1.82) is 0 Å². The summed E-state index contributed by atoms with van der Waals surface area (Å²) in [5.74, 6) is 0.999. The second-order valence-electron chi connectivity index (χ2n) is 8.20. The molecule has 1 aromatic carbocycles. The lowest BCUT2D eigenvalue weighted by Gasteiger charge is -2.18. The third kappa shape index (κ3) is 4.19. The summed E-state index contributed by atoms with van der Waals surface area (Å²) in [6.45, 7) is 4.26. The molecule has 0 unspecified atom stereocenters. The van der Waals surface area contributed by atoms with Crippen LogP contribution >= 0.6 is 0 Å². The van der Waals surface area contributed by atoms with E-state index in [1.54, 1.807) is 31.4 Å². The molecule has 1 saturated heterocycles. The van der Waals surface area contributed by atoms with Gasteiger partial charge in [0.15, 0.2) is 9.84 Å². The van der Waals surface area contributed by atoms with Crippen LogP contribution in [0.5, 0.6) is 5.75 Å². The van der Waals surface area contributed by atoms with Crippen LogP contribution in [0.3, 0.4) is 0 Å². The molecular weight excluding hydrogens is 418 g/mol. The van der Waals surface area contributed by atoms with Crippen molar-refractivity contribution in [2.24, 2.45) is 0 Å². The molecule has 1 fully saturated rings. The Balaban J connectivity index is 1.48. The lowest BCUT2D eigenvalue weighted by atomic mass is 10.1. The van der Waals surface area contributed by atoms with E-state index in [1.807, 2.05) is 30.7 Å². The van der Waals surface area contributed by atoms with Gasteiger partial charge in [-0.05, 0) is 32.4 Å². The highest BCUT2D eigenvalue weighted by atomic mass is 32.2. The molecule has 31 heavy (non-hydrogen) atoms. The van der Waals surface area contributed by atoms with Crippen LogP contribution in [-0.4, -0.2) is 54.7 Å². The van der Waals surface area contributed by atoms with Crippen molar-refractivity contribution in [3.8, 4) is 5.75 Å². The minimum absolute atomic E-state index is 0.0338. The zero-order chi connectivity index (χ0) is 22.3. The molecule has 166 valence electrons. The highest BCUT2D eigenvalue weighted by Crippen LogP contribution is 2.28. The summed E-state index contributed by atoms with van der Waals surface area (Å²) in [5.41, 5.74) is 4.21. The summed E-state index contributed by atoms with van der Waals surface area (Å²) >= 11 is 0. The molecule has 0 bridgehead atoms. The molecule has 3 heterocycles. The highest BCUT2D eigenvalue weighted by molar-refractivity contribution is 7.91. The fourth-order valence-corrected chi connectivity index (χ4v) is 5.89. The normalized spacial score (nSPS) is 17.9. The zero-order valence-corrected chi connectivity index (χ0v) is 19.0. The summed E-state index contributed by atoms with van der Waals surface area (Å²) in [4.78, 5) is 14.6. The number of aromatic nitrogens is 2. The number of likely N-dealkylation sites (N-methyl/N-ethyl adjacent to an activating group) is 1. The number of furan rings is 1. The number of rotatable bonds is 6. The van der Waals surface area contributed by atoms with E-state index in [4.69, 9.17) is 9.15 Å². The van der Waals surface area contributed by atoms with Gasteiger partial charge in [-0.15, -0.1) is 0 Å². The number of aryl methyl sites for hydroxylation is 1. The Kier molecular flexibility index (Phi) is 5.55. The van der Waals surface area contributed by atoms with Crippen molar-refractivity contribution in [2.75, 3.05) is 25.7 Å². The van der Waals surface area contributed by atoms with Crippen molar-refractivity contribution in [1.82, 2.24) is 14.7 Å². The van der Waals surface area contributed by atoms with Crippen molar-refractivity contribution in [3.63, 3.8) is 0 Å². The average molecular weight is 446 g/mol. The first-order chi connectivity index (χ1) is 14.7. The number of benzene rings is 1. The van der Waals surface area contributed by atoms with E-state index in [-0.39, 0.29) is 29.9 Å². The van der Waals surface area contributed by atoms with Crippen molar-refractivity contribution in [3.05, 3.63) is 47.0 Å². The second-order valence-corrected chi connectivity index (χ2v) is 10.4. The van der Waals surface area contributed by atoms with Gasteiger partial charge in [-0.3, -0.25) is 9.48 Å². The zero-order valence-electron chi connectivity index (χ0n) is 18.2. The first-order valence-corrected chi connectivity index (χ1v) is 12.0. The Hall–Kier alpha value is -2.81. The SMILES string of the molecule is COc1ccc2c(CC(=O)N(C)Cc3c(C)nn([C@@H]4CCS(=O)(=O)C4)c3C)coc2c1. The smallest absolute Gasteiger partial charge is 0.227 e. The van der Waals surface area contributed by atoms with Crippen LogP contribution in [0.25, 0.3) is 11.0 Å². The van der Waals surface area contributed by atoms with Crippen molar-refractivity contribution < 1.29 is 22.4 Å². The van der Waals surface area contributed by atoms with Gasteiger partial charge in [-0.2, -0.15) is 5.10 Å². The van der Waals surface area contributed by atoms with Crippen molar-refractivity contribution >= 4 is 26.7 Å². The van der Waals surface area contributed by atoms with Gasteiger partial charge in [-0.1, -0.05) is 0 Å². The van der Waals surface area contributed by atoms with E-state index >= 15 is 0 Å². The molecule has 1 aliphatic rings. The number of hydrogen-bond donors (Lipinski definition) is 0. The summed E-state index contributed by atoms with van der Waals surface area (Å²) in [6, 6.07) is 5.42. The molecule has 0 spiro atoms. The molecule has 1 atom stereocenters. The Morgan fingerprint density at radius 1 is 1.35 bits per heavy atom. The number of carbonyl (C=O) groups excluding carboxylic acids is 1. The Morgan fingerprint density at radius 3 is 2.81 bits per heavy atom. The number of methoxy groups -OCH3 is 1. The molecule has 1 aliphatic heterocycles. The molecule has 1 amide bonds. The van der Waals surface area contributed by atoms with E-state index < -0.39 is 9.84 Å². The maximum atomic E-state index is 12.9. The van der Waals surface area contributed by atoms with Crippen LogP contribution in [0.15, 0.2) is 28.9 Å².